The Bertz CT molecular complexity index is 710. The molecule has 24 heavy (non-hydrogen) atoms. The van der Waals surface area contributed by atoms with Crippen LogP contribution in [0.3, 0.4) is 0 Å². The molecule has 1 aliphatic rings. The number of nitrogens with zero attached hydrogens (tertiary/aromatic N) is 1. The van der Waals surface area contributed by atoms with Gasteiger partial charge in [0.25, 0.3) is 5.91 Å². The average Bonchev–Trinajstić information content (AvgIpc) is 3.12. The monoisotopic (exact) mass is 322 g/mol. The van der Waals surface area contributed by atoms with E-state index in [4.69, 9.17) is 0 Å². The molecule has 2 amide bonds. The molecule has 0 bridgehead atoms. The SMILES string of the molecule is CCc1ccc(C(=O)N2CCC[C@H]2C(=O)Nc2ccccc2)cc1. The minimum absolute atomic E-state index is 0.0663. The summed E-state index contributed by atoms with van der Waals surface area (Å²) in [6, 6.07) is 16.6. The standard InChI is InChI=1S/C20H22N2O2/c1-2-15-10-12-16(13-11-15)20(24)22-14-6-9-18(22)19(23)21-17-7-4-3-5-8-17/h3-5,7-8,10-13,18H,2,6,9,14H2,1H3,(H,21,23)/t18-/m0/s1. The molecule has 124 valence electrons. The van der Waals surface area contributed by atoms with Gasteiger partial charge >= 0.3 is 0 Å². The molecule has 0 aliphatic carbocycles. The lowest BCUT2D eigenvalue weighted by Crippen LogP contribution is -2.43. The molecular weight excluding hydrogens is 300 g/mol. The van der Waals surface area contributed by atoms with E-state index in [1.807, 2.05) is 54.6 Å². The smallest absolute Gasteiger partial charge is 0.254 e. The summed E-state index contributed by atoms with van der Waals surface area (Å²) in [5.41, 5.74) is 2.60. The summed E-state index contributed by atoms with van der Waals surface area (Å²) in [4.78, 5) is 27.0. The summed E-state index contributed by atoms with van der Waals surface area (Å²) in [7, 11) is 0. The van der Waals surface area contributed by atoms with E-state index in [0.29, 0.717) is 18.5 Å². The molecule has 0 spiro atoms. The number of carbonyl (C=O) groups excluding carboxylic acids is 2. The number of likely N-dealkylation sites (tertiary alicyclic amines) is 1. The van der Waals surface area contributed by atoms with Gasteiger partial charge in [-0.3, -0.25) is 9.59 Å². The zero-order valence-electron chi connectivity index (χ0n) is 13.9. The van der Waals surface area contributed by atoms with Crippen LogP contribution in [0.2, 0.25) is 0 Å². The van der Waals surface area contributed by atoms with Crippen LogP contribution in [0.1, 0.15) is 35.7 Å². The van der Waals surface area contributed by atoms with E-state index in [9.17, 15) is 9.59 Å². The maximum absolute atomic E-state index is 12.8. The van der Waals surface area contributed by atoms with Crippen molar-refractivity contribution in [3.05, 3.63) is 65.7 Å². The first-order valence-electron chi connectivity index (χ1n) is 8.45. The third kappa shape index (κ3) is 3.48. The minimum Gasteiger partial charge on any atom is -0.327 e. The van der Waals surface area contributed by atoms with Gasteiger partial charge in [-0.25, -0.2) is 0 Å². The van der Waals surface area contributed by atoms with Gasteiger partial charge in [-0.15, -0.1) is 0 Å². The quantitative estimate of drug-likeness (QED) is 0.936. The number of carbonyl (C=O) groups is 2. The van der Waals surface area contributed by atoms with Crippen LogP contribution >= 0.6 is 0 Å². The van der Waals surface area contributed by atoms with Crippen LogP contribution in [0, 0.1) is 0 Å². The normalized spacial score (nSPS) is 16.9. The van der Waals surface area contributed by atoms with Gasteiger partial charge in [-0.05, 0) is 49.1 Å². The summed E-state index contributed by atoms with van der Waals surface area (Å²) >= 11 is 0. The molecule has 4 nitrogen and oxygen atoms in total. The molecule has 0 aromatic heterocycles. The second-order valence-corrected chi connectivity index (χ2v) is 6.06. The van der Waals surface area contributed by atoms with Gasteiger partial charge in [-0.1, -0.05) is 37.3 Å². The number of nitrogens with one attached hydrogen (secondary N) is 1. The van der Waals surface area contributed by atoms with Crippen molar-refractivity contribution in [2.24, 2.45) is 0 Å². The summed E-state index contributed by atoms with van der Waals surface area (Å²) in [6.07, 6.45) is 2.50. The first-order valence-corrected chi connectivity index (χ1v) is 8.45. The number of hydrogen-bond donors (Lipinski definition) is 1. The van der Waals surface area contributed by atoms with Crippen molar-refractivity contribution >= 4 is 17.5 Å². The van der Waals surface area contributed by atoms with Crippen LogP contribution in [-0.4, -0.2) is 29.3 Å². The highest BCUT2D eigenvalue weighted by Gasteiger charge is 2.34. The number of para-hydroxylation sites is 1. The van der Waals surface area contributed by atoms with Crippen molar-refractivity contribution < 1.29 is 9.59 Å². The van der Waals surface area contributed by atoms with E-state index >= 15 is 0 Å². The van der Waals surface area contributed by atoms with Crippen LogP contribution in [0.5, 0.6) is 0 Å². The largest absolute Gasteiger partial charge is 0.327 e. The molecule has 4 heteroatoms. The van der Waals surface area contributed by atoms with Gasteiger partial charge < -0.3 is 10.2 Å². The number of aryl methyl sites for hydroxylation is 1. The number of amides is 2. The number of rotatable bonds is 4. The van der Waals surface area contributed by atoms with Gasteiger partial charge in [-0.2, -0.15) is 0 Å². The maximum atomic E-state index is 12.8. The topological polar surface area (TPSA) is 49.4 Å². The Morgan fingerprint density at radius 2 is 1.79 bits per heavy atom. The zero-order valence-corrected chi connectivity index (χ0v) is 13.9. The predicted octanol–water partition coefficient (Wildman–Crippen LogP) is 3.49. The third-order valence-electron chi connectivity index (χ3n) is 4.47. The molecule has 1 saturated heterocycles. The molecule has 0 radical (unpaired) electrons. The molecule has 3 rings (SSSR count). The molecule has 2 aromatic carbocycles. The first-order chi connectivity index (χ1) is 11.7. The highest BCUT2D eigenvalue weighted by molar-refractivity contribution is 6.01. The van der Waals surface area contributed by atoms with Crippen molar-refractivity contribution in [1.29, 1.82) is 0 Å². The summed E-state index contributed by atoms with van der Waals surface area (Å²) < 4.78 is 0. The Labute approximate surface area is 142 Å². The van der Waals surface area contributed by atoms with Crippen LogP contribution in [-0.2, 0) is 11.2 Å². The van der Waals surface area contributed by atoms with Gasteiger partial charge in [0, 0.05) is 17.8 Å². The van der Waals surface area contributed by atoms with Crippen molar-refractivity contribution in [2.75, 3.05) is 11.9 Å². The molecule has 1 aliphatic heterocycles. The van der Waals surface area contributed by atoms with Crippen molar-refractivity contribution in [3.8, 4) is 0 Å². The van der Waals surface area contributed by atoms with E-state index in [1.54, 1.807) is 4.90 Å². The molecule has 2 aromatic rings. The minimum atomic E-state index is -0.399. The molecule has 0 unspecified atom stereocenters. The second kappa shape index (κ2) is 7.30. The second-order valence-electron chi connectivity index (χ2n) is 6.06. The van der Waals surface area contributed by atoms with E-state index in [-0.39, 0.29) is 11.8 Å². The molecule has 1 heterocycles. The van der Waals surface area contributed by atoms with Gasteiger partial charge in [0.2, 0.25) is 5.91 Å². The Morgan fingerprint density at radius 1 is 1.08 bits per heavy atom. The van der Waals surface area contributed by atoms with Gasteiger partial charge in [0.05, 0.1) is 0 Å². The van der Waals surface area contributed by atoms with Crippen LogP contribution in [0.4, 0.5) is 5.69 Å². The highest BCUT2D eigenvalue weighted by atomic mass is 16.2. The molecule has 1 atom stereocenters. The third-order valence-corrected chi connectivity index (χ3v) is 4.47. The Balaban J connectivity index is 1.72. The molecule has 1 fully saturated rings. The van der Waals surface area contributed by atoms with Crippen LogP contribution in [0.15, 0.2) is 54.6 Å². The fraction of sp³-hybridized carbons (Fsp3) is 0.300. The average molecular weight is 322 g/mol. The van der Waals surface area contributed by atoms with E-state index in [2.05, 4.69) is 12.2 Å². The first kappa shape index (κ1) is 16.2. The number of anilines is 1. The number of benzene rings is 2. The predicted molar refractivity (Wildman–Crippen MR) is 95.0 cm³/mol. The summed E-state index contributed by atoms with van der Waals surface area (Å²) in [6.45, 7) is 2.71. The molecule has 0 saturated carbocycles. The Hall–Kier alpha value is -2.62. The number of hydrogen-bond acceptors (Lipinski definition) is 2. The van der Waals surface area contributed by atoms with Gasteiger partial charge in [0.15, 0.2) is 0 Å². The lowest BCUT2D eigenvalue weighted by atomic mass is 10.1. The van der Waals surface area contributed by atoms with Crippen molar-refractivity contribution in [2.45, 2.75) is 32.2 Å². The van der Waals surface area contributed by atoms with Crippen LogP contribution < -0.4 is 5.32 Å². The lowest BCUT2D eigenvalue weighted by molar-refractivity contribution is -0.119. The molecule has 1 N–H and O–H groups in total. The van der Waals surface area contributed by atoms with Crippen molar-refractivity contribution in [1.82, 2.24) is 4.90 Å². The summed E-state index contributed by atoms with van der Waals surface area (Å²) in [5, 5.41) is 2.91. The van der Waals surface area contributed by atoms with Crippen LogP contribution in [0.25, 0.3) is 0 Å². The summed E-state index contributed by atoms with van der Waals surface area (Å²) in [5.74, 6) is -0.180. The fourth-order valence-electron chi connectivity index (χ4n) is 3.08. The Morgan fingerprint density at radius 3 is 2.46 bits per heavy atom. The Kier molecular flexibility index (Phi) is 4.94. The van der Waals surface area contributed by atoms with E-state index < -0.39 is 6.04 Å². The maximum Gasteiger partial charge on any atom is 0.254 e. The van der Waals surface area contributed by atoms with Gasteiger partial charge in [0.1, 0.15) is 6.04 Å². The zero-order chi connectivity index (χ0) is 16.9. The fourth-order valence-corrected chi connectivity index (χ4v) is 3.08. The van der Waals surface area contributed by atoms with E-state index in [0.717, 1.165) is 18.5 Å². The van der Waals surface area contributed by atoms with Crippen molar-refractivity contribution in [3.63, 3.8) is 0 Å². The highest BCUT2D eigenvalue weighted by Crippen LogP contribution is 2.22. The van der Waals surface area contributed by atoms with E-state index in [1.165, 1.54) is 5.56 Å². The molecular formula is C20H22N2O2. The lowest BCUT2D eigenvalue weighted by Gasteiger charge is -2.24.